The molecule has 1 aromatic heterocycles. The third kappa shape index (κ3) is 2.91. The van der Waals surface area contributed by atoms with E-state index in [0.29, 0.717) is 5.15 Å². The van der Waals surface area contributed by atoms with Crippen LogP contribution in [0.2, 0.25) is 5.15 Å². The van der Waals surface area contributed by atoms with Gasteiger partial charge < -0.3 is 5.11 Å². The average Bonchev–Trinajstić information content (AvgIpc) is 2.45. The molecule has 1 atom stereocenters. The summed E-state index contributed by atoms with van der Waals surface area (Å²) >= 11 is 5.81. The van der Waals surface area contributed by atoms with Gasteiger partial charge in [-0.25, -0.2) is 4.98 Å². The van der Waals surface area contributed by atoms with Crippen LogP contribution in [0.3, 0.4) is 0 Å². The molecule has 2 heterocycles. The lowest BCUT2D eigenvalue weighted by Crippen LogP contribution is -2.29. The number of aliphatic hydroxyl groups is 1. The van der Waals surface area contributed by atoms with Crippen LogP contribution in [0.25, 0.3) is 0 Å². The molecule has 1 N–H and O–H groups in total. The predicted octanol–water partition coefficient (Wildman–Crippen LogP) is 1.69. The van der Waals surface area contributed by atoms with Crippen molar-refractivity contribution in [3.8, 4) is 0 Å². The second-order valence-corrected chi connectivity index (χ2v) is 4.83. The Morgan fingerprint density at radius 2 is 2.47 bits per heavy atom. The van der Waals surface area contributed by atoms with Gasteiger partial charge in [0, 0.05) is 25.8 Å². The van der Waals surface area contributed by atoms with Gasteiger partial charge in [-0.1, -0.05) is 11.6 Å². The lowest BCUT2D eigenvalue weighted by atomic mass is 10.1. The Kier molecular flexibility index (Phi) is 2.96. The molecule has 0 saturated carbocycles. The average molecular weight is 227 g/mol. The number of aromatic nitrogens is 1. The van der Waals surface area contributed by atoms with Crippen molar-refractivity contribution in [2.75, 3.05) is 13.1 Å². The minimum absolute atomic E-state index is 0.526. The molecule has 0 aliphatic carbocycles. The van der Waals surface area contributed by atoms with Crippen molar-refractivity contribution in [3.63, 3.8) is 0 Å². The van der Waals surface area contributed by atoms with E-state index in [-0.39, 0.29) is 0 Å². The SMILES string of the molecule is CC1(O)CCN(Cc2ccnc(Cl)c2)C1. The Morgan fingerprint density at radius 3 is 3.07 bits per heavy atom. The number of β-amino-alcohol motifs (C(OH)–C–C–N with tert-alkyl or cyclic N) is 1. The van der Waals surface area contributed by atoms with Crippen molar-refractivity contribution < 1.29 is 5.11 Å². The Hall–Kier alpha value is -0.640. The highest BCUT2D eigenvalue weighted by molar-refractivity contribution is 6.29. The second kappa shape index (κ2) is 4.08. The van der Waals surface area contributed by atoms with Crippen molar-refractivity contribution in [2.45, 2.75) is 25.5 Å². The van der Waals surface area contributed by atoms with Crippen molar-refractivity contribution >= 4 is 11.6 Å². The lowest BCUT2D eigenvalue weighted by molar-refractivity contribution is 0.0679. The summed E-state index contributed by atoms with van der Waals surface area (Å²) in [7, 11) is 0. The molecule has 0 aromatic carbocycles. The smallest absolute Gasteiger partial charge is 0.129 e. The summed E-state index contributed by atoms with van der Waals surface area (Å²) in [5.74, 6) is 0. The number of hydrogen-bond acceptors (Lipinski definition) is 3. The van der Waals surface area contributed by atoms with Gasteiger partial charge in [0.1, 0.15) is 5.15 Å². The normalized spacial score (nSPS) is 27.1. The summed E-state index contributed by atoms with van der Waals surface area (Å²) in [6.45, 7) is 4.38. The van der Waals surface area contributed by atoms with Crippen LogP contribution < -0.4 is 0 Å². The maximum Gasteiger partial charge on any atom is 0.129 e. The zero-order chi connectivity index (χ0) is 10.9. The van der Waals surface area contributed by atoms with E-state index in [0.717, 1.165) is 31.6 Å². The first kappa shape index (κ1) is 10.9. The van der Waals surface area contributed by atoms with Crippen molar-refractivity contribution in [1.29, 1.82) is 0 Å². The van der Waals surface area contributed by atoms with Gasteiger partial charge in [0.25, 0.3) is 0 Å². The molecular weight excluding hydrogens is 212 g/mol. The molecule has 1 aromatic rings. The van der Waals surface area contributed by atoms with Crippen molar-refractivity contribution in [2.24, 2.45) is 0 Å². The Balaban J connectivity index is 1.99. The summed E-state index contributed by atoms with van der Waals surface area (Å²) in [5, 5.41) is 10.3. The Labute approximate surface area is 94.7 Å². The summed E-state index contributed by atoms with van der Waals surface area (Å²) < 4.78 is 0. The third-order valence-corrected chi connectivity index (χ3v) is 2.93. The highest BCUT2D eigenvalue weighted by Gasteiger charge is 2.30. The molecule has 0 radical (unpaired) electrons. The quantitative estimate of drug-likeness (QED) is 0.780. The van der Waals surface area contributed by atoms with Gasteiger partial charge in [-0.15, -0.1) is 0 Å². The van der Waals surface area contributed by atoms with Crippen LogP contribution in [0, 0.1) is 0 Å². The fourth-order valence-electron chi connectivity index (χ4n) is 1.97. The van der Waals surface area contributed by atoms with Crippen LogP contribution in [0.4, 0.5) is 0 Å². The minimum Gasteiger partial charge on any atom is -0.389 e. The van der Waals surface area contributed by atoms with Crippen LogP contribution in [0.1, 0.15) is 18.9 Å². The molecule has 82 valence electrons. The van der Waals surface area contributed by atoms with Gasteiger partial charge >= 0.3 is 0 Å². The van der Waals surface area contributed by atoms with Crippen LogP contribution in [-0.4, -0.2) is 33.7 Å². The molecule has 1 aliphatic heterocycles. The highest BCUT2D eigenvalue weighted by Crippen LogP contribution is 2.22. The van der Waals surface area contributed by atoms with Gasteiger partial charge in [0.15, 0.2) is 0 Å². The topological polar surface area (TPSA) is 36.4 Å². The van der Waals surface area contributed by atoms with E-state index in [9.17, 15) is 5.11 Å². The molecule has 0 spiro atoms. The molecular formula is C11H15ClN2O. The maximum absolute atomic E-state index is 9.82. The molecule has 4 heteroatoms. The van der Waals surface area contributed by atoms with Gasteiger partial charge in [-0.05, 0) is 31.0 Å². The van der Waals surface area contributed by atoms with E-state index in [1.54, 1.807) is 6.20 Å². The predicted molar refractivity (Wildman–Crippen MR) is 59.8 cm³/mol. The number of rotatable bonds is 2. The maximum atomic E-state index is 9.82. The van der Waals surface area contributed by atoms with Gasteiger partial charge in [-0.3, -0.25) is 4.90 Å². The van der Waals surface area contributed by atoms with Crippen molar-refractivity contribution in [3.05, 3.63) is 29.0 Å². The molecule has 15 heavy (non-hydrogen) atoms. The largest absolute Gasteiger partial charge is 0.389 e. The first-order chi connectivity index (χ1) is 7.05. The number of nitrogens with zero attached hydrogens (tertiary/aromatic N) is 2. The van der Waals surface area contributed by atoms with Crippen LogP contribution in [-0.2, 0) is 6.54 Å². The van der Waals surface area contributed by atoms with E-state index in [2.05, 4.69) is 9.88 Å². The zero-order valence-corrected chi connectivity index (χ0v) is 9.54. The number of halogens is 1. The molecule has 1 fully saturated rings. The standard InChI is InChI=1S/C11H15ClN2O/c1-11(15)3-5-14(8-11)7-9-2-4-13-10(12)6-9/h2,4,6,15H,3,5,7-8H2,1H3. The van der Waals surface area contributed by atoms with E-state index >= 15 is 0 Å². The van der Waals surface area contributed by atoms with E-state index in [1.807, 2.05) is 19.1 Å². The molecule has 1 unspecified atom stereocenters. The van der Waals surface area contributed by atoms with Crippen LogP contribution >= 0.6 is 11.6 Å². The molecule has 0 bridgehead atoms. The first-order valence-corrected chi connectivity index (χ1v) is 5.48. The molecule has 1 aliphatic rings. The van der Waals surface area contributed by atoms with Gasteiger partial charge in [0.05, 0.1) is 5.60 Å². The lowest BCUT2D eigenvalue weighted by Gasteiger charge is -2.18. The van der Waals surface area contributed by atoms with Crippen molar-refractivity contribution in [1.82, 2.24) is 9.88 Å². The second-order valence-electron chi connectivity index (χ2n) is 4.44. The van der Waals surface area contributed by atoms with Gasteiger partial charge in [0.2, 0.25) is 0 Å². The molecule has 2 rings (SSSR count). The first-order valence-electron chi connectivity index (χ1n) is 5.10. The Morgan fingerprint density at radius 1 is 1.67 bits per heavy atom. The van der Waals surface area contributed by atoms with Crippen LogP contribution in [0.5, 0.6) is 0 Å². The Bertz CT molecular complexity index is 354. The third-order valence-electron chi connectivity index (χ3n) is 2.73. The molecule has 3 nitrogen and oxygen atoms in total. The van der Waals surface area contributed by atoms with E-state index in [4.69, 9.17) is 11.6 Å². The molecule has 1 saturated heterocycles. The summed E-state index contributed by atoms with van der Waals surface area (Å²) in [6, 6.07) is 3.83. The fraction of sp³-hybridized carbons (Fsp3) is 0.545. The number of likely N-dealkylation sites (tertiary alicyclic amines) is 1. The minimum atomic E-state index is -0.531. The zero-order valence-electron chi connectivity index (χ0n) is 8.78. The van der Waals surface area contributed by atoms with Crippen LogP contribution in [0.15, 0.2) is 18.3 Å². The summed E-state index contributed by atoms with van der Waals surface area (Å²) in [6.07, 6.45) is 2.55. The van der Waals surface area contributed by atoms with E-state index in [1.165, 1.54) is 0 Å². The van der Waals surface area contributed by atoms with Gasteiger partial charge in [-0.2, -0.15) is 0 Å². The molecule has 0 amide bonds. The summed E-state index contributed by atoms with van der Waals surface area (Å²) in [5.41, 5.74) is 0.615. The van der Waals surface area contributed by atoms with E-state index < -0.39 is 5.60 Å². The summed E-state index contributed by atoms with van der Waals surface area (Å²) in [4.78, 5) is 6.17. The monoisotopic (exact) mass is 226 g/mol. The number of hydrogen-bond donors (Lipinski definition) is 1. The highest BCUT2D eigenvalue weighted by atomic mass is 35.5. The fourth-order valence-corrected chi connectivity index (χ4v) is 2.17. The number of pyridine rings is 1.